The number of benzene rings is 1. The second kappa shape index (κ2) is 4.88. The van der Waals surface area contributed by atoms with Crippen molar-refractivity contribution < 1.29 is 8.78 Å². The average Bonchev–Trinajstić information content (AvgIpc) is 2.63. The van der Waals surface area contributed by atoms with Gasteiger partial charge in [0.25, 0.3) is 0 Å². The van der Waals surface area contributed by atoms with Crippen molar-refractivity contribution in [2.45, 2.75) is 9.74 Å². The molecule has 0 unspecified atom stereocenters. The van der Waals surface area contributed by atoms with Gasteiger partial charge in [0.05, 0.1) is 5.03 Å². The number of hydrogen-bond donors (Lipinski definition) is 1. The lowest BCUT2D eigenvalue weighted by Gasteiger charge is -2.04. The molecule has 0 radical (unpaired) electrons. The molecule has 0 saturated heterocycles. The van der Waals surface area contributed by atoms with E-state index in [1.54, 1.807) is 30.3 Å². The molecule has 0 aliphatic heterocycles. The van der Waals surface area contributed by atoms with E-state index in [0.717, 1.165) is 11.3 Å². The fraction of sp³-hybridized carbons (Fsp3) is 0.0909. The fourth-order valence-electron chi connectivity index (χ4n) is 1.38. The van der Waals surface area contributed by atoms with E-state index in [1.165, 1.54) is 0 Å². The van der Waals surface area contributed by atoms with Crippen molar-refractivity contribution in [2.24, 2.45) is 0 Å². The van der Waals surface area contributed by atoms with Gasteiger partial charge in [0.15, 0.2) is 0 Å². The quantitative estimate of drug-likeness (QED) is 0.606. The van der Waals surface area contributed by atoms with Crippen molar-refractivity contribution in [2.75, 3.05) is 0 Å². The van der Waals surface area contributed by atoms with E-state index < -0.39 is 4.71 Å². The van der Waals surface area contributed by atoms with Crippen molar-refractivity contribution in [3.63, 3.8) is 0 Å². The van der Waals surface area contributed by atoms with Crippen LogP contribution in [0.1, 0.15) is 0 Å². The number of thioether (sulfide) groups is 1. The van der Waals surface area contributed by atoms with Crippen molar-refractivity contribution in [1.29, 1.82) is 0 Å². The third-order valence-corrected chi connectivity index (χ3v) is 3.18. The largest absolute Gasteiger partial charge is 0.377 e. The Morgan fingerprint density at radius 3 is 2.59 bits per heavy atom. The Kier molecular flexibility index (Phi) is 3.66. The molecule has 1 aromatic heterocycles. The zero-order chi connectivity index (χ0) is 12.5. The van der Waals surface area contributed by atoms with Crippen LogP contribution in [-0.2, 0) is 0 Å². The smallest absolute Gasteiger partial charge is 0.350 e. The minimum atomic E-state index is -3.31. The fourth-order valence-corrected chi connectivity index (χ4v) is 2.37. The van der Waals surface area contributed by atoms with Gasteiger partial charge in [-0.3, -0.25) is 0 Å². The van der Waals surface area contributed by atoms with Gasteiger partial charge in [-0.05, 0) is 53.2 Å². The van der Waals surface area contributed by atoms with Crippen LogP contribution in [0.3, 0.4) is 0 Å². The first-order valence-corrected chi connectivity index (χ1v) is 6.22. The Bertz CT molecular complexity index is 522. The summed E-state index contributed by atoms with van der Waals surface area (Å²) in [5.41, 5.74) is 1.55. The average molecular weight is 294 g/mol. The van der Waals surface area contributed by atoms with Crippen LogP contribution in [0.2, 0.25) is 5.02 Å². The number of aromatic amines is 1. The van der Waals surface area contributed by atoms with Crippen molar-refractivity contribution in [1.82, 2.24) is 4.98 Å². The Balaban J connectivity index is 2.24. The number of halogens is 4. The van der Waals surface area contributed by atoms with Crippen LogP contribution in [0.25, 0.3) is 11.3 Å². The minimum Gasteiger partial charge on any atom is -0.350 e. The molecule has 90 valence electrons. The lowest BCUT2D eigenvalue weighted by atomic mass is 10.2. The topological polar surface area (TPSA) is 15.8 Å². The van der Waals surface area contributed by atoms with E-state index in [-0.39, 0.29) is 11.8 Å². The maximum Gasteiger partial charge on any atom is 0.377 e. The summed E-state index contributed by atoms with van der Waals surface area (Å²) in [5.74, 6) is 0. The third-order valence-electron chi connectivity index (χ3n) is 2.02. The van der Waals surface area contributed by atoms with Crippen LogP contribution in [-0.4, -0.2) is 9.70 Å². The van der Waals surface area contributed by atoms with Crippen LogP contribution in [0.5, 0.6) is 0 Å². The maximum absolute atomic E-state index is 12.6. The highest BCUT2D eigenvalue weighted by Gasteiger charge is 2.27. The summed E-state index contributed by atoms with van der Waals surface area (Å²) in [7, 11) is 0. The first-order chi connectivity index (χ1) is 7.94. The zero-order valence-corrected chi connectivity index (χ0v) is 10.7. The molecule has 0 aliphatic carbocycles. The Hall–Kier alpha value is -0.710. The van der Waals surface area contributed by atoms with Crippen LogP contribution in [0.15, 0.2) is 41.4 Å². The number of rotatable bonds is 3. The predicted octanol–water partition coefficient (Wildman–Crippen LogP) is 5.22. The van der Waals surface area contributed by atoms with Gasteiger partial charge in [0.2, 0.25) is 0 Å². The highest BCUT2D eigenvalue weighted by Crippen LogP contribution is 2.39. The molecule has 0 atom stereocenters. The van der Waals surface area contributed by atoms with E-state index >= 15 is 0 Å². The van der Waals surface area contributed by atoms with E-state index in [0.29, 0.717) is 10.0 Å². The number of nitrogens with one attached hydrogen (secondary N) is 1. The van der Waals surface area contributed by atoms with Crippen molar-refractivity contribution in [3.05, 3.63) is 41.4 Å². The number of H-pyrrole nitrogens is 1. The molecule has 0 aliphatic rings. The molecule has 1 aromatic carbocycles. The summed E-state index contributed by atoms with van der Waals surface area (Å²) in [6.45, 7) is 0. The molecular weight excluding hydrogens is 287 g/mol. The number of aromatic nitrogens is 1. The molecule has 1 nitrogen and oxygen atoms in total. The standard InChI is InChI=1S/C11H7Cl2F2NS/c12-8-3-1-2-7(6-8)9-4-5-10(16-9)17-11(13,14)15/h1-6,16H. The SMILES string of the molecule is FC(F)(Cl)Sc1ccc(-c2cccc(Cl)c2)[nH]1. The number of hydrogen-bond acceptors (Lipinski definition) is 1. The molecule has 0 saturated carbocycles. The van der Waals surface area contributed by atoms with E-state index in [2.05, 4.69) is 4.98 Å². The van der Waals surface area contributed by atoms with E-state index in [4.69, 9.17) is 23.2 Å². The second-order valence-electron chi connectivity index (χ2n) is 3.29. The van der Waals surface area contributed by atoms with Gasteiger partial charge >= 0.3 is 4.71 Å². The van der Waals surface area contributed by atoms with Crippen LogP contribution < -0.4 is 0 Å². The molecule has 0 bridgehead atoms. The monoisotopic (exact) mass is 293 g/mol. The van der Waals surface area contributed by atoms with Gasteiger partial charge in [0, 0.05) is 10.7 Å². The summed E-state index contributed by atoms with van der Waals surface area (Å²) < 4.78 is 21.8. The lowest BCUT2D eigenvalue weighted by Crippen LogP contribution is -1.96. The summed E-state index contributed by atoms with van der Waals surface area (Å²) in [4.78, 5) is 2.85. The van der Waals surface area contributed by atoms with Crippen molar-refractivity contribution in [3.8, 4) is 11.3 Å². The summed E-state index contributed by atoms with van der Waals surface area (Å²) in [6, 6.07) is 10.4. The molecule has 2 aromatic rings. The summed E-state index contributed by atoms with van der Waals surface area (Å²) >= 11 is 10.9. The first kappa shape index (κ1) is 12.7. The van der Waals surface area contributed by atoms with E-state index in [1.807, 2.05) is 6.07 Å². The predicted molar refractivity (Wildman–Crippen MR) is 67.9 cm³/mol. The first-order valence-electron chi connectivity index (χ1n) is 4.65. The molecule has 1 N–H and O–H groups in total. The Labute approximate surface area is 111 Å². The highest BCUT2D eigenvalue weighted by atomic mass is 35.5. The Morgan fingerprint density at radius 2 is 1.94 bits per heavy atom. The molecule has 17 heavy (non-hydrogen) atoms. The van der Waals surface area contributed by atoms with Crippen LogP contribution in [0, 0.1) is 0 Å². The van der Waals surface area contributed by atoms with Crippen LogP contribution >= 0.6 is 35.0 Å². The van der Waals surface area contributed by atoms with Gasteiger partial charge in [0.1, 0.15) is 0 Å². The van der Waals surface area contributed by atoms with Gasteiger partial charge < -0.3 is 4.98 Å². The summed E-state index contributed by atoms with van der Waals surface area (Å²) in [6.07, 6.45) is 0. The van der Waals surface area contributed by atoms with E-state index in [9.17, 15) is 8.78 Å². The van der Waals surface area contributed by atoms with Gasteiger partial charge in [-0.15, -0.1) is 0 Å². The second-order valence-corrected chi connectivity index (χ2v) is 5.59. The van der Waals surface area contributed by atoms with Gasteiger partial charge in [-0.1, -0.05) is 23.7 Å². The molecular formula is C11H7Cl2F2NS. The third kappa shape index (κ3) is 3.63. The minimum absolute atomic E-state index is 0.264. The molecule has 2 rings (SSSR count). The van der Waals surface area contributed by atoms with Crippen molar-refractivity contribution >= 4 is 35.0 Å². The normalized spacial score (nSPS) is 11.8. The number of alkyl halides is 3. The highest BCUT2D eigenvalue weighted by molar-refractivity contribution is 8.01. The summed E-state index contributed by atoms with van der Waals surface area (Å²) in [5, 5.41) is 0.897. The lowest BCUT2D eigenvalue weighted by molar-refractivity contribution is 0.203. The molecule has 6 heteroatoms. The molecule has 1 heterocycles. The molecule has 0 fully saturated rings. The molecule has 0 amide bonds. The Morgan fingerprint density at radius 1 is 1.18 bits per heavy atom. The van der Waals surface area contributed by atoms with Gasteiger partial charge in [-0.2, -0.15) is 8.78 Å². The maximum atomic E-state index is 12.6. The zero-order valence-electron chi connectivity index (χ0n) is 8.38. The van der Waals surface area contributed by atoms with Crippen LogP contribution in [0.4, 0.5) is 8.78 Å². The molecule has 0 spiro atoms. The van der Waals surface area contributed by atoms with Gasteiger partial charge in [-0.25, -0.2) is 0 Å².